The van der Waals surface area contributed by atoms with E-state index in [-0.39, 0.29) is 17.9 Å². The zero-order valence-corrected chi connectivity index (χ0v) is 16.2. The molecular formula is C20H24N8O. The van der Waals surface area contributed by atoms with Crippen LogP contribution in [0.5, 0.6) is 0 Å². The van der Waals surface area contributed by atoms with Gasteiger partial charge < -0.3 is 16.8 Å². The Morgan fingerprint density at radius 1 is 1.21 bits per heavy atom. The molecule has 1 aliphatic rings. The molecule has 1 saturated carbocycles. The van der Waals surface area contributed by atoms with E-state index in [0.29, 0.717) is 23.9 Å². The van der Waals surface area contributed by atoms with Crippen LogP contribution < -0.4 is 27.6 Å². The number of benzene rings is 1. The molecule has 1 aromatic carbocycles. The van der Waals surface area contributed by atoms with Gasteiger partial charge in [-0.2, -0.15) is 4.98 Å². The quantitative estimate of drug-likeness (QED) is 0.380. The third-order valence-electron chi connectivity index (χ3n) is 5.28. The van der Waals surface area contributed by atoms with Gasteiger partial charge in [-0.15, -0.1) is 0 Å². The summed E-state index contributed by atoms with van der Waals surface area (Å²) in [7, 11) is 0. The van der Waals surface area contributed by atoms with Crippen LogP contribution in [0.25, 0.3) is 10.9 Å². The number of aromatic nitrogens is 3. The maximum absolute atomic E-state index is 11.4. The van der Waals surface area contributed by atoms with Crippen molar-refractivity contribution in [3.05, 3.63) is 42.2 Å². The molecule has 7 N–H and O–H groups in total. The number of carbonyl (C=O) groups is 1. The third kappa shape index (κ3) is 3.90. The molecule has 2 heterocycles. The fourth-order valence-electron chi connectivity index (χ4n) is 3.69. The number of aryl methyl sites for hydroxylation is 1. The number of anilines is 4. The van der Waals surface area contributed by atoms with E-state index < -0.39 is 0 Å². The molecule has 9 nitrogen and oxygen atoms in total. The van der Waals surface area contributed by atoms with E-state index in [1.54, 1.807) is 0 Å². The molecule has 0 aliphatic heterocycles. The monoisotopic (exact) mass is 392 g/mol. The Kier molecular flexibility index (Phi) is 4.89. The van der Waals surface area contributed by atoms with Crippen molar-refractivity contribution in [3.63, 3.8) is 0 Å². The van der Waals surface area contributed by atoms with Crippen molar-refractivity contribution in [1.82, 2.24) is 15.0 Å². The second kappa shape index (κ2) is 7.51. The van der Waals surface area contributed by atoms with Gasteiger partial charge in [-0.25, -0.2) is 10.8 Å². The lowest BCUT2D eigenvalue weighted by Gasteiger charge is -2.21. The Bertz CT molecular complexity index is 1070. The molecule has 29 heavy (non-hydrogen) atoms. The number of hydrogen-bond acceptors (Lipinski definition) is 8. The molecular weight excluding hydrogens is 368 g/mol. The highest BCUT2D eigenvalue weighted by Gasteiger charge is 2.29. The zero-order valence-electron chi connectivity index (χ0n) is 16.2. The molecule has 0 bridgehead atoms. The van der Waals surface area contributed by atoms with Gasteiger partial charge >= 0.3 is 0 Å². The molecule has 0 radical (unpaired) electrons. The van der Waals surface area contributed by atoms with Crippen LogP contribution in [-0.2, 0) is 4.79 Å². The summed E-state index contributed by atoms with van der Waals surface area (Å²) in [5.41, 5.74) is 14.4. The Labute approximate surface area is 168 Å². The van der Waals surface area contributed by atoms with Gasteiger partial charge in [0.25, 0.3) is 0 Å². The first-order valence-electron chi connectivity index (χ1n) is 9.51. The first-order chi connectivity index (χ1) is 13.9. The summed E-state index contributed by atoms with van der Waals surface area (Å²) in [6, 6.07) is 9.76. The average molecular weight is 392 g/mol. The molecule has 4 rings (SSSR count). The van der Waals surface area contributed by atoms with Crippen LogP contribution in [0, 0.1) is 12.8 Å². The van der Waals surface area contributed by atoms with Gasteiger partial charge in [-0.1, -0.05) is 6.07 Å². The zero-order chi connectivity index (χ0) is 20.5. The smallest absolute Gasteiger partial charge is 0.225 e. The number of hydrogen-bond donors (Lipinski definition) is 4. The van der Waals surface area contributed by atoms with E-state index in [0.717, 1.165) is 35.1 Å². The fourth-order valence-corrected chi connectivity index (χ4v) is 3.69. The highest BCUT2D eigenvalue weighted by molar-refractivity contribution is 5.84. The minimum absolute atomic E-state index is 0.0881. The number of nitrogen functional groups attached to an aromatic ring is 1. The fraction of sp³-hybridized carbons (Fsp3) is 0.300. The maximum atomic E-state index is 11.4. The number of primary amides is 1. The first kappa shape index (κ1) is 18.9. The van der Waals surface area contributed by atoms with Crippen molar-refractivity contribution < 1.29 is 4.79 Å². The number of fused-ring (bicyclic) bond motifs is 1. The van der Waals surface area contributed by atoms with Crippen LogP contribution in [0.1, 0.15) is 25.0 Å². The Morgan fingerprint density at radius 3 is 2.79 bits per heavy atom. The van der Waals surface area contributed by atoms with Gasteiger partial charge in [0.05, 0.1) is 23.1 Å². The van der Waals surface area contributed by atoms with E-state index in [2.05, 4.69) is 20.3 Å². The molecule has 2 atom stereocenters. The summed E-state index contributed by atoms with van der Waals surface area (Å²) >= 11 is 0. The minimum atomic E-state index is -0.262. The Balaban J connectivity index is 1.57. The highest BCUT2D eigenvalue weighted by atomic mass is 16.1. The van der Waals surface area contributed by atoms with Gasteiger partial charge in [0.15, 0.2) is 5.82 Å². The summed E-state index contributed by atoms with van der Waals surface area (Å²) in [4.78, 5) is 24.6. The number of nitrogens with two attached hydrogens (primary N) is 3. The lowest BCUT2D eigenvalue weighted by atomic mass is 10.1. The average Bonchev–Trinajstić information content (AvgIpc) is 3.17. The van der Waals surface area contributed by atoms with Crippen LogP contribution in [0.3, 0.4) is 0 Å². The van der Waals surface area contributed by atoms with Crippen LogP contribution in [0.2, 0.25) is 0 Å². The van der Waals surface area contributed by atoms with Crippen molar-refractivity contribution in [1.29, 1.82) is 0 Å². The molecule has 3 aromatic rings. The van der Waals surface area contributed by atoms with Gasteiger partial charge in [-0.05, 0) is 50.5 Å². The molecule has 2 unspecified atom stereocenters. The number of hydrazine groups is 1. The molecule has 0 saturated heterocycles. The van der Waals surface area contributed by atoms with Crippen molar-refractivity contribution in [3.8, 4) is 0 Å². The maximum Gasteiger partial charge on any atom is 0.225 e. The van der Waals surface area contributed by atoms with Crippen molar-refractivity contribution >= 4 is 40.0 Å². The summed E-state index contributed by atoms with van der Waals surface area (Å²) in [6.45, 7) is 1.95. The second-order valence-corrected chi connectivity index (χ2v) is 7.43. The summed E-state index contributed by atoms with van der Waals surface area (Å²) in [6.07, 6.45) is 3.79. The van der Waals surface area contributed by atoms with E-state index in [9.17, 15) is 4.79 Å². The van der Waals surface area contributed by atoms with Gasteiger partial charge in [-0.3, -0.25) is 14.8 Å². The highest BCUT2D eigenvalue weighted by Crippen LogP contribution is 2.30. The lowest BCUT2D eigenvalue weighted by molar-refractivity contribution is -0.121. The van der Waals surface area contributed by atoms with E-state index in [4.69, 9.17) is 17.3 Å². The van der Waals surface area contributed by atoms with E-state index in [1.807, 2.05) is 37.3 Å². The SMILES string of the molecule is Cc1ccc2cc(N(N)c3nc(NC4CCC(C(N)=O)C4)ncc3N)ccc2n1. The minimum Gasteiger partial charge on any atom is -0.394 e. The molecule has 1 amide bonds. The molecule has 2 aromatic heterocycles. The number of nitrogens with zero attached hydrogens (tertiary/aromatic N) is 4. The summed E-state index contributed by atoms with van der Waals surface area (Å²) < 4.78 is 0. The number of rotatable bonds is 5. The van der Waals surface area contributed by atoms with Crippen molar-refractivity contribution in [2.45, 2.75) is 32.2 Å². The third-order valence-corrected chi connectivity index (χ3v) is 5.28. The molecule has 9 heteroatoms. The lowest BCUT2D eigenvalue weighted by Crippen LogP contribution is -2.28. The first-order valence-corrected chi connectivity index (χ1v) is 9.51. The molecule has 1 aliphatic carbocycles. The molecule has 0 spiro atoms. The normalized spacial score (nSPS) is 18.7. The van der Waals surface area contributed by atoms with Crippen LogP contribution in [0.4, 0.5) is 23.1 Å². The molecule has 150 valence electrons. The standard InChI is InChI=1S/C20H24N8O/c1-11-2-3-12-9-15(6-7-17(12)25-11)28(23)19-16(21)10-24-20(27-19)26-14-5-4-13(8-14)18(22)29/h2-3,6-7,9-10,13-14H,4-5,8,21,23H2,1H3,(H2,22,29)(H,24,26,27). The van der Waals surface area contributed by atoms with Gasteiger partial charge in [0, 0.05) is 23.0 Å². The Morgan fingerprint density at radius 2 is 2.03 bits per heavy atom. The predicted molar refractivity (Wildman–Crippen MR) is 113 cm³/mol. The number of nitrogens with one attached hydrogen (secondary N) is 1. The van der Waals surface area contributed by atoms with Crippen LogP contribution in [-0.4, -0.2) is 26.9 Å². The number of pyridine rings is 1. The van der Waals surface area contributed by atoms with Crippen LogP contribution in [0.15, 0.2) is 36.5 Å². The van der Waals surface area contributed by atoms with Crippen LogP contribution >= 0.6 is 0 Å². The largest absolute Gasteiger partial charge is 0.394 e. The van der Waals surface area contributed by atoms with E-state index in [1.165, 1.54) is 11.2 Å². The van der Waals surface area contributed by atoms with Crippen molar-refractivity contribution in [2.75, 3.05) is 16.1 Å². The van der Waals surface area contributed by atoms with Gasteiger partial charge in [0.2, 0.25) is 11.9 Å². The van der Waals surface area contributed by atoms with Gasteiger partial charge in [0.1, 0.15) is 0 Å². The second-order valence-electron chi connectivity index (χ2n) is 7.43. The predicted octanol–water partition coefficient (Wildman–Crippen LogP) is 1.99. The number of amides is 1. The van der Waals surface area contributed by atoms with E-state index >= 15 is 0 Å². The number of carbonyl (C=O) groups excluding carboxylic acids is 1. The van der Waals surface area contributed by atoms with Crippen molar-refractivity contribution in [2.24, 2.45) is 17.5 Å². The molecule has 1 fully saturated rings. The topological polar surface area (TPSA) is 149 Å². The summed E-state index contributed by atoms with van der Waals surface area (Å²) in [5.74, 6) is 6.77. The Hall–Kier alpha value is -3.46. The summed E-state index contributed by atoms with van der Waals surface area (Å²) in [5, 5.41) is 5.66.